The first kappa shape index (κ1) is 18.3. The number of thiocarbonyl (C=S) groups is 1. The summed E-state index contributed by atoms with van der Waals surface area (Å²) in [4.78, 5) is 16.4. The van der Waals surface area contributed by atoms with Crippen molar-refractivity contribution in [3.05, 3.63) is 23.2 Å². The van der Waals surface area contributed by atoms with E-state index in [1.807, 2.05) is 0 Å². The lowest BCUT2D eigenvalue weighted by Crippen LogP contribution is -2.46. The van der Waals surface area contributed by atoms with Crippen molar-refractivity contribution in [1.82, 2.24) is 9.80 Å². The number of benzene rings is 1. The molecular weight excluding hydrogens is 354 g/mol. The molecule has 1 amide bonds. The number of hydrogen-bond donors (Lipinski definition) is 1. The highest BCUT2D eigenvalue weighted by molar-refractivity contribution is 8.23. The lowest BCUT2D eigenvalue weighted by atomic mass is 10.3. The lowest BCUT2D eigenvalue weighted by Gasteiger charge is -2.33. The number of likely N-dealkylation sites (N-methyl/N-ethyl adjacent to an activating group) is 1. The summed E-state index contributed by atoms with van der Waals surface area (Å²) in [6, 6.07) is 5.15. The van der Waals surface area contributed by atoms with Crippen LogP contribution in [0.1, 0.15) is 0 Å². The number of amides is 1. The van der Waals surface area contributed by atoms with Crippen LogP contribution in [0.5, 0.6) is 5.75 Å². The Balaban J connectivity index is 1.78. The van der Waals surface area contributed by atoms with Crippen LogP contribution in [-0.2, 0) is 4.79 Å². The molecule has 0 bridgehead atoms. The summed E-state index contributed by atoms with van der Waals surface area (Å²) in [5.41, 5.74) is 0.645. The van der Waals surface area contributed by atoms with Gasteiger partial charge in [0.05, 0.1) is 17.9 Å². The zero-order chi connectivity index (χ0) is 16.8. The normalized spacial score (nSPS) is 15.3. The Bertz CT molecular complexity index is 578. The molecule has 0 spiro atoms. The second-order valence-corrected chi connectivity index (χ2v) is 7.26. The van der Waals surface area contributed by atoms with Crippen molar-refractivity contribution in [1.29, 1.82) is 0 Å². The Labute approximate surface area is 151 Å². The van der Waals surface area contributed by atoms with E-state index in [9.17, 15) is 4.79 Å². The van der Waals surface area contributed by atoms with Gasteiger partial charge in [0.25, 0.3) is 0 Å². The number of piperazine rings is 1. The third-order valence-corrected chi connectivity index (χ3v) is 5.34. The highest BCUT2D eigenvalue weighted by Crippen LogP contribution is 2.27. The number of hydrogen-bond acceptors (Lipinski definition) is 5. The van der Waals surface area contributed by atoms with Gasteiger partial charge in [-0.05, 0) is 25.2 Å². The Morgan fingerprint density at radius 1 is 1.39 bits per heavy atom. The molecule has 5 nitrogen and oxygen atoms in total. The molecule has 1 aliphatic rings. The van der Waals surface area contributed by atoms with Crippen molar-refractivity contribution in [2.45, 2.75) is 0 Å². The van der Waals surface area contributed by atoms with Gasteiger partial charge in [0.15, 0.2) is 0 Å². The molecular formula is C15H20ClN3O2S2. The van der Waals surface area contributed by atoms with Crippen molar-refractivity contribution in [2.75, 3.05) is 51.4 Å². The van der Waals surface area contributed by atoms with Crippen molar-refractivity contribution < 1.29 is 9.53 Å². The van der Waals surface area contributed by atoms with E-state index in [0.29, 0.717) is 16.5 Å². The highest BCUT2D eigenvalue weighted by Gasteiger charge is 2.17. The lowest BCUT2D eigenvalue weighted by molar-refractivity contribution is -0.113. The van der Waals surface area contributed by atoms with Gasteiger partial charge in [0.1, 0.15) is 10.1 Å². The number of rotatable bonds is 4. The van der Waals surface area contributed by atoms with E-state index in [4.69, 9.17) is 28.6 Å². The number of methoxy groups -OCH3 is 1. The van der Waals surface area contributed by atoms with Crippen LogP contribution >= 0.6 is 35.6 Å². The molecule has 0 atom stereocenters. The van der Waals surface area contributed by atoms with Crippen LogP contribution in [0.4, 0.5) is 5.69 Å². The standard InChI is InChI=1S/C15H20ClN3O2S2/c1-18-5-7-19(8-6-18)15(22)23-10-14(20)17-11-3-4-13(21-2)12(16)9-11/h3-4,9H,5-8,10H2,1-2H3,(H,17,20). The third kappa shape index (κ3) is 5.53. The van der Waals surface area contributed by atoms with Crippen molar-refractivity contribution in [3.63, 3.8) is 0 Å². The van der Waals surface area contributed by atoms with E-state index in [0.717, 1.165) is 30.5 Å². The third-order valence-electron chi connectivity index (χ3n) is 3.52. The maximum atomic E-state index is 12.0. The van der Waals surface area contributed by atoms with Crippen LogP contribution in [0.15, 0.2) is 18.2 Å². The maximum Gasteiger partial charge on any atom is 0.234 e. The van der Waals surface area contributed by atoms with Crippen molar-refractivity contribution in [3.8, 4) is 5.75 Å². The Hall–Kier alpha value is -1.02. The Morgan fingerprint density at radius 3 is 2.70 bits per heavy atom. The van der Waals surface area contributed by atoms with Crippen LogP contribution < -0.4 is 10.1 Å². The number of ether oxygens (including phenoxy) is 1. The van der Waals surface area contributed by atoms with Crippen LogP contribution in [-0.4, -0.2) is 66.1 Å². The first-order valence-corrected chi connectivity index (χ1v) is 9.00. The van der Waals surface area contributed by atoms with Crippen molar-refractivity contribution in [2.24, 2.45) is 0 Å². The summed E-state index contributed by atoms with van der Waals surface area (Å²) in [7, 11) is 3.65. The molecule has 1 N–H and O–H groups in total. The maximum absolute atomic E-state index is 12.0. The van der Waals surface area contributed by atoms with Gasteiger partial charge in [0.2, 0.25) is 5.91 Å². The van der Waals surface area contributed by atoms with E-state index < -0.39 is 0 Å². The van der Waals surface area contributed by atoms with Gasteiger partial charge in [-0.3, -0.25) is 4.79 Å². The number of carbonyl (C=O) groups excluding carboxylic acids is 1. The van der Waals surface area contributed by atoms with Gasteiger partial charge in [-0.2, -0.15) is 0 Å². The summed E-state index contributed by atoms with van der Waals surface area (Å²) in [5, 5.41) is 3.28. The largest absolute Gasteiger partial charge is 0.495 e. The zero-order valence-electron chi connectivity index (χ0n) is 13.2. The number of nitrogens with zero attached hydrogens (tertiary/aromatic N) is 2. The molecule has 0 aliphatic carbocycles. The quantitative estimate of drug-likeness (QED) is 0.818. The topological polar surface area (TPSA) is 44.8 Å². The molecule has 8 heteroatoms. The van der Waals surface area contributed by atoms with E-state index in [2.05, 4.69) is 22.2 Å². The van der Waals surface area contributed by atoms with Gasteiger partial charge >= 0.3 is 0 Å². The number of thioether (sulfide) groups is 1. The fraction of sp³-hybridized carbons (Fsp3) is 0.467. The van der Waals surface area contributed by atoms with Gasteiger partial charge in [-0.1, -0.05) is 35.6 Å². The molecule has 0 saturated carbocycles. The van der Waals surface area contributed by atoms with Crippen molar-refractivity contribution >= 4 is 51.5 Å². The SMILES string of the molecule is COc1ccc(NC(=O)CSC(=S)N2CCN(C)CC2)cc1Cl. The molecule has 0 unspecified atom stereocenters. The summed E-state index contributed by atoms with van der Waals surface area (Å²) in [6.45, 7) is 3.82. The van der Waals surface area contributed by atoms with Gasteiger partial charge < -0.3 is 19.9 Å². The molecule has 0 aromatic heterocycles. The predicted octanol–water partition coefficient (Wildman–Crippen LogP) is 2.55. The summed E-state index contributed by atoms with van der Waals surface area (Å²) < 4.78 is 5.86. The molecule has 1 saturated heterocycles. The van der Waals surface area contributed by atoms with E-state index in [-0.39, 0.29) is 11.7 Å². The molecule has 1 fully saturated rings. The molecule has 0 radical (unpaired) electrons. The summed E-state index contributed by atoms with van der Waals surface area (Å²) in [5.74, 6) is 0.762. The average Bonchev–Trinajstić information content (AvgIpc) is 2.53. The van der Waals surface area contributed by atoms with E-state index in [1.54, 1.807) is 25.3 Å². The van der Waals surface area contributed by atoms with Gasteiger partial charge in [0, 0.05) is 31.9 Å². The van der Waals surface area contributed by atoms with Gasteiger partial charge in [-0.15, -0.1) is 0 Å². The average molecular weight is 374 g/mol. The van der Waals surface area contributed by atoms with Crippen LogP contribution in [0.3, 0.4) is 0 Å². The van der Waals surface area contributed by atoms with Crippen LogP contribution in [0, 0.1) is 0 Å². The predicted molar refractivity (Wildman–Crippen MR) is 101 cm³/mol. The molecule has 1 aliphatic heterocycles. The minimum Gasteiger partial charge on any atom is -0.495 e. The molecule has 1 heterocycles. The van der Waals surface area contributed by atoms with Gasteiger partial charge in [-0.25, -0.2) is 0 Å². The molecule has 1 aromatic rings. The molecule has 1 aromatic carbocycles. The fourth-order valence-corrected chi connectivity index (χ4v) is 3.46. The summed E-state index contributed by atoms with van der Waals surface area (Å²) in [6.07, 6.45) is 0. The first-order chi connectivity index (χ1) is 11.0. The van der Waals surface area contributed by atoms with Crippen LogP contribution in [0.2, 0.25) is 5.02 Å². The molecule has 2 rings (SSSR count). The number of halogens is 1. The second kappa shape index (κ2) is 8.73. The number of carbonyl (C=O) groups is 1. The minimum absolute atomic E-state index is 0.104. The highest BCUT2D eigenvalue weighted by atomic mass is 35.5. The minimum atomic E-state index is -0.104. The Morgan fingerprint density at radius 2 is 2.09 bits per heavy atom. The zero-order valence-corrected chi connectivity index (χ0v) is 15.6. The number of nitrogens with one attached hydrogen (secondary N) is 1. The second-order valence-electron chi connectivity index (χ2n) is 5.24. The monoisotopic (exact) mass is 373 g/mol. The Kier molecular flexibility index (Phi) is 6.95. The molecule has 23 heavy (non-hydrogen) atoms. The fourth-order valence-electron chi connectivity index (χ4n) is 2.15. The van der Waals surface area contributed by atoms with Crippen LogP contribution in [0.25, 0.3) is 0 Å². The van der Waals surface area contributed by atoms with E-state index >= 15 is 0 Å². The number of anilines is 1. The summed E-state index contributed by atoms with van der Waals surface area (Å²) >= 11 is 12.8. The smallest absolute Gasteiger partial charge is 0.234 e. The molecule has 126 valence electrons. The first-order valence-electron chi connectivity index (χ1n) is 7.23. The van der Waals surface area contributed by atoms with E-state index in [1.165, 1.54) is 11.8 Å².